The fourth-order valence-corrected chi connectivity index (χ4v) is 8.04. The Morgan fingerprint density at radius 1 is 0.259 bits per heavy atom. The van der Waals surface area contributed by atoms with Gasteiger partial charge in [0.25, 0.3) is 0 Å². The van der Waals surface area contributed by atoms with Crippen molar-refractivity contribution in [2.75, 3.05) is 0 Å². The van der Waals surface area contributed by atoms with Crippen molar-refractivity contribution in [3.8, 4) is 45.3 Å². The number of nitrogens with zero attached hydrogens (tertiary/aromatic N) is 8. The molecular formula is C46H26N8. The summed E-state index contributed by atoms with van der Waals surface area (Å²) < 4.78 is 0. The number of benzene rings is 8. The Bertz CT molecular complexity index is 3260. The maximum Gasteiger partial charge on any atom is 0.162 e. The number of rotatable bonds is 4. The molecule has 0 N–H and O–H groups in total. The average molecular weight is 691 g/mol. The summed E-state index contributed by atoms with van der Waals surface area (Å²) in [5, 5.41) is 13.9. The van der Waals surface area contributed by atoms with Crippen LogP contribution in [-0.4, -0.2) is 39.9 Å². The molecule has 8 heteroatoms. The van der Waals surface area contributed by atoms with Crippen molar-refractivity contribution in [2.24, 2.45) is 0 Å². The van der Waals surface area contributed by atoms with Crippen molar-refractivity contribution in [3.63, 3.8) is 0 Å². The first-order valence-electron chi connectivity index (χ1n) is 17.6. The normalized spacial score (nSPS) is 11.7. The van der Waals surface area contributed by atoms with Gasteiger partial charge < -0.3 is 0 Å². The van der Waals surface area contributed by atoms with Gasteiger partial charge >= 0.3 is 0 Å². The standard InChI is InChI=1S/C46H26N8/c1-3-8-32-30(6-1)31-7-2-4-9-33(31)42-22-43(46-49-16-5-17-50-46)37(21-41(32)42)27-10-13-36-38-19-28(44-51-23-47-24-52-44)11-14-34(38)35-15-12-29(20-40(35)39(36)18-27)45-53-25-48-26-54-45/h1-26H. The minimum absolute atomic E-state index is 0.624. The summed E-state index contributed by atoms with van der Waals surface area (Å²) in [7, 11) is 0. The van der Waals surface area contributed by atoms with E-state index < -0.39 is 0 Å². The molecule has 3 heterocycles. The second-order valence-corrected chi connectivity index (χ2v) is 13.3. The summed E-state index contributed by atoms with van der Waals surface area (Å²) in [6, 6.07) is 43.4. The van der Waals surface area contributed by atoms with Gasteiger partial charge in [0.05, 0.1) is 0 Å². The quantitative estimate of drug-likeness (QED) is 0.168. The molecular weight excluding hydrogens is 665 g/mol. The van der Waals surface area contributed by atoms with Crippen LogP contribution < -0.4 is 0 Å². The van der Waals surface area contributed by atoms with Gasteiger partial charge in [-0.05, 0) is 112 Å². The summed E-state index contributed by atoms with van der Waals surface area (Å²) in [5.41, 5.74) is 4.92. The number of aromatic nitrogens is 8. The van der Waals surface area contributed by atoms with Gasteiger partial charge in [0.2, 0.25) is 0 Å². The molecule has 0 saturated carbocycles. The van der Waals surface area contributed by atoms with E-state index in [0.717, 1.165) is 60.1 Å². The summed E-state index contributed by atoms with van der Waals surface area (Å²) in [6.45, 7) is 0. The van der Waals surface area contributed by atoms with E-state index in [1.165, 1.54) is 57.6 Å². The van der Waals surface area contributed by atoms with Crippen molar-refractivity contribution in [1.82, 2.24) is 39.9 Å². The Hall–Kier alpha value is -7.58. The van der Waals surface area contributed by atoms with Crippen molar-refractivity contribution >= 4 is 64.6 Å². The third-order valence-electron chi connectivity index (χ3n) is 10.4. The van der Waals surface area contributed by atoms with Gasteiger partial charge in [0, 0.05) is 29.1 Å². The monoisotopic (exact) mass is 690 g/mol. The van der Waals surface area contributed by atoms with Crippen LogP contribution in [0.15, 0.2) is 159 Å². The highest BCUT2D eigenvalue weighted by atomic mass is 15.0. The van der Waals surface area contributed by atoms with Gasteiger partial charge in [-0.1, -0.05) is 84.9 Å². The molecule has 8 nitrogen and oxygen atoms in total. The smallest absolute Gasteiger partial charge is 0.162 e. The molecule has 8 aromatic carbocycles. The van der Waals surface area contributed by atoms with Crippen molar-refractivity contribution in [3.05, 3.63) is 159 Å². The van der Waals surface area contributed by atoms with Crippen molar-refractivity contribution in [1.29, 1.82) is 0 Å². The zero-order valence-electron chi connectivity index (χ0n) is 28.6. The largest absolute Gasteiger partial charge is 0.237 e. The van der Waals surface area contributed by atoms with Crippen LogP contribution in [0, 0.1) is 0 Å². The van der Waals surface area contributed by atoms with E-state index in [0.29, 0.717) is 17.5 Å². The van der Waals surface area contributed by atoms with Crippen LogP contribution in [0.4, 0.5) is 0 Å². The Balaban J connectivity index is 1.25. The molecule has 0 unspecified atom stereocenters. The second-order valence-electron chi connectivity index (χ2n) is 13.3. The lowest BCUT2D eigenvalue weighted by Crippen LogP contribution is -1.94. The Morgan fingerprint density at radius 2 is 0.630 bits per heavy atom. The zero-order chi connectivity index (χ0) is 35.6. The van der Waals surface area contributed by atoms with Gasteiger partial charge in [0.15, 0.2) is 17.5 Å². The van der Waals surface area contributed by atoms with E-state index >= 15 is 0 Å². The average Bonchev–Trinajstić information content (AvgIpc) is 3.26. The lowest BCUT2D eigenvalue weighted by Gasteiger charge is -2.17. The van der Waals surface area contributed by atoms with Gasteiger partial charge in [-0.15, -0.1) is 0 Å². The molecule has 0 saturated heterocycles. The van der Waals surface area contributed by atoms with Crippen LogP contribution in [0.1, 0.15) is 0 Å². The van der Waals surface area contributed by atoms with Crippen LogP contribution in [-0.2, 0) is 0 Å². The molecule has 0 aliphatic rings. The van der Waals surface area contributed by atoms with Crippen LogP contribution in [0.5, 0.6) is 0 Å². The Labute approximate surface area is 308 Å². The molecule has 0 amide bonds. The Kier molecular flexibility index (Phi) is 6.69. The minimum atomic E-state index is 0.624. The highest BCUT2D eigenvalue weighted by Gasteiger charge is 2.18. The van der Waals surface area contributed by atoms with E-state index in [1.807, 2.05) is 18.5 Å². The number of hydrogen-bond donors (Lipinski definition) is 0. The van der Waals surface area contributed by atoms with Gasteiger partial charge in [-0.2, -0.15) is 0 Å². The van der Waals surface area contributed by atoms with Crippen LogP contribution in [0.2, 0.25) is 0 Å². The predicted octanol–water partition coefficient (Wildman–Crippen LogP) is 10.4. The third kappa shape index (κ3) is 4.70. The summed E-state index contributed by atoms with van der Waals surface area (Å²) >= 11 is 0. The lowest BCUT2D eigenvalue weighted by atomic mass is 9.87. The number of hydrogen-bond acceptors (Lipinski definition) is 8. The second kappa shape index (κ2) is 12.0. The molecule has 0 radical (unpaired) electrons. The zero-order valence-corrected chi connectivity index (χ0v) is 28.6. The van der Waals surface area contributed by atoms with Crippen LogP contribution in [0.25, 0.3) is 110 Å². The summed E-state index contributed by atoms with van der Waals surface area (Å²) in [5.74, 6) is 1.93. The van der Waals surface area contributed by atoms with Crippen molar-refractivity contribution in [2.45, 2.75) is 0 Å². The molecule has 0 bridgehead atoms. The Morgan fingerprint density at radius 3 is 1.15 bits per heavy atom. The summed E-state index contributed by atoms with van der Waals surface area (Å²) in [6.07, 6.45) is 9.74. The lowest BCUT2D eigenvalue weighted by molar-refractivity contribution is 1.06. The highest BCUT2D eigenvalue weighted by molar-refractivity contribution is 6.28. The first kappa shape index (κ1) is 30.1. The molecule has 11 aromatic rings. The van der Waals surface area contributed by atoms with E-state index in [4.69, 9.17) is 9.97 Å². The van der Waals surface area contributed by atoms with E-state index in [1.54, 1.807) is 0 Å². The first-order chi connectivity index (χ1) is 26.8. The minimum Gasteiger partial charge on any atom is -0.237 e. The van der Waals surface area contributed by atoms with E-state index in [2.05, 4.69) is 145 Å². The fourth-order valence-electron chi connectivity index (χ4n) is 8.04. The van der Waals surface area contributed by atoms with Gasteiger partial charge in [0.1, 0.15) is 25.3 Å². The molecule has 0 atom stereocenters. The highest BCUT2D eigenvalue weighted by Crippen LogP contribution is 2.44. The predicted molar refractivity (Wildman–Crippen MR) is 216 cm³/mol. The van der Waals surface area contributed by atoms with Crippen molar-refractivity contribution < 1.29 is 0 Å². The van der Waals surface area contributed by atoms with E-state index in [9.17, 15) is 0 Å². The molecule has 0 aliphatic heterocycles. The van der Waals surface area contributed by atoms with Gasteiger partial charge in [-0.25, -0.2) is 39.9 Å². The molecule has 11 rings (SSSR count). The molecule has 0 fully saturated rings. The SMILES string of the molecule is c1cnc(-c2cc3c4ccccc4c4ccccc4c3cc2-c2ccc3c4cc(-c5ncncn5)ccc4c4ccc(-c5ncncn5)cc4c3c2)nc1. The molecule has 0 spiro atoms. The first-order valence-corrected chi connectivity index (χ1v) is 17.6. The summed E-state index contributed by atoms with van der Waals surface area (Å²) in [4.78, 5) is 35.5. The fraction of sp³-hybridized carbons (Fsp3) is 0. The molecule has 250 valence electrons. The molecule has 0 aliphatic carbocycles. The van der Waals surface area contributed by atoms with Crippen LogP contribution in [0.3, 0.4) is 0 Å². The molecule has 3 aromatic heterocycles. The van der Waals surface area contributed by atoms with E-state index in [-0.39, 0.29) is 0 Å². The maximum atomic E-state index is 4.77. The maximum absolute atomic E-state index is 4.77. The third-order valence-corrected chi connectivity index (χ3v) is 10.4. The van der Waals surface area contributed by atoms with Crippen LogP contribution >= 0.6 is 0 Å². The number of fused-ring (bicyclic) bond motifs is 12. The topological polar surface area (TPSA) is 103 Å². The van der Waals surface area contributed by atoms with Gasteiger partial charge in [-0.3, -0.25) is 0 Å². The molecule has 54 heavy (non-hydrogen) atoms.